The van der Waals surface area contributed by atoms with Crippen molar-refractivity contribution in [1.29, 1.82) is 0 Å². The lowest BCUT2D eigenvalue weighted by Crippen LogP contribution is -2.11. The van der Waals surface area contributed by atoms with Crippen molar-refractivity contribution in [3.8, 4) is 5.75 Å². The maximum Gasteiger partial charge on any atom is 0.165 e. The molecule has 1 aromatic rings. The van der Waals surface area contributed by atoms with E-state index in [2.05, 4.69) is 0 Å². The van der Waals surface area contributed by atoms with Crippen LogP contribution in [0.25, 0.3) is 0 Å². The summed E-state index contributed by atoms with van der Waals surface area (Å²) < 4.78 is 18.9. The molecular formula is C14H21FO. The lowest BCUT2D eigenvalue weighted by molar-refractivity contribution is 0.200. The summed E-state index contributed by atoms with van der Waals surface area (Å²) in [4.78, 5) is 0. The first kappa shape index (κ1) is 13.0. The first-order chi connectivity index (χ1) is 7.75. The monoisotopic (exact) mass is 224 g/mol. The molecule has 1 fully saturated rings. The van der Waals surface area contributed by atoms with E-state index in [1.807, 2.05) is 20.8 Å². The van der Waals surface area contributed by atoms with Crippen LogP contribution in [-0.2, 0) is 0 Å². The van der Waals surface area contributed by atoms with Crippen molar-refractivity contribution in [2.24, 2.45) is 0 Å². The largest absolute Gasteiger partial charge is 0.487 e. The van der Waals surface area contributed by atoms with Crippen molar-refractivity contribution in [3.63, 3.8) is 0 Å². The van der Waals surface area contributed by atoms with Crippen LogP contribution in [0.15, 0.2) is 18.2 Å². The van der Waals surface area contributed by atoms with E-state index in [-0.39, 0.29) is 11.9 Å². The van der Waals surface area contributed by atoms with Gasteiger partial charge in [0.1, 0.15) is 0 Å². The second kappa shape index (κ2) is 6.51. The van der Waals surface area contributed by atoms with Gasteiger partial charge < -0.3 is 4.74 Å². The summed E-state index contributed by atoms with van der Waals surface area (Å²) in [7, 11) is 0. The minimum Gasteiger partial charge on any atom is -0.487 e. The van der Waals surface area contributed by atoms with Gasteiger partial charge in [0, 0.05) is 0 Å². The Balaban J connectivity index is 0.000000606. The summed E-state index contributed by atoms with van der Waals surface area (Å²) in [6.45, 7) is 5.95. The van der Waals surface area contributed by atoms with Crippen molar-refractivity contribution in [3.05, 3.63) is 29.6 Å². The quantitative estimate of drug-likeness (QED) is 0.719. The first-order valence-corrected chi connectivity index (χ1v) is 6.18. The molecule has 16 heavy (non-hydrogen) atoms. The standard InChI is InChI=1S/C12H15FO.C2H6/c1-9-6-7-11(13)12(8-9)14-10-4-2-3-5-10;1-2/h6-8,10H,2-5H2,1H3;1-2H3. The van der Waals surface area contributed by atoms with E-state index in [4.69, 9.17) is 4.74 Å². The maximum absolute atomic E-state index is 13.3. The molecule has 1 aliphatic carbocycles. The van der Waals surface area contributed by atoms with Crippen molar-refractivity contribution >= 4 is 0 Å². The van der Waals surface area contributed by atoms with Crippen molar-refractivity contribution in [2.45, 2.75) is 52.6 Å². The number of ether oxygens (including phenoxy) is 1. The highest BCUT2D eigenvalue weighted by atomic mass is 19.1. The average molecular weight is 224 g/mol. The molecular weight excluding hydrogens is 203 g/mol. The summed E-state index contributed by atoms with van der Waals surface area (Å²) in [6, 6.07) is 5.00. The molecule has 1 aliphatic rings. The molecule has 0 saturated heterocycles. The van der Waals surface area contributed by atoms with Gasteiger partial charge in [-0.05, 0) is 50.3 Å². The van der Waals surface area contributed by atoms with E-state index in [1.54, 1.807) is 12.1 Å². The molecule has 1 aromatic carbocycles. The molecule has 0 aliphatic heterocycles. The van der Waals surface area contributed by atoms with Crippen LogP contribution in [0.5, 0.6) is 5.75 Å². The summed E-state index contributed by atoms with van der Waals surface area (Å²) in [6.07, 6.45) is 4.77. The Morgan fingerprint density at radius 2 is 1.81 bits per heavy atom. The molecule has 0 amide bonds. The number of hydrogen-bond acceptors (Lipinski definition) is 1. The Hall–Kier alpha value is -1.05. The van der Waals surface area contributed by atoms with Crippen LogP contribution in [-0.4, -0.2) is 6.10 Å². The number of halogens is 1. The zero-order valence-electron chi connectivity index (χ0n) is 10.4. The smallest absolute Gasteiger partial charge is 0.165 e. The van der Waals surface area contributed by atoms with Gasteiger partial charge in [0.05, 0.1) is 6.10 Å². The fraction of sp³-hybridized carbons (Fsp3) is 0.571. The predicted octanol–water partition coefficient (Wildman–Crippen LogP) is 4.48. The Morgan fingerprint density at radius 3 is 2.44 bits per heavy atom. The van der Waals surface area contributed by atoms with Gasteiger partial charge in [0.2, 0.25) is 0 Å². The third kappa shape index (κ3) is 3.51. The predicted molar refractivity (Wildman–Crippen MR) is 65.4 cm³/mol. The third-order valence-corrected chi connectivity index (χ3v) is 2.68. The highest BCUT2D eigenvalue weighted by molar-refractivity contribution is 5.29. The van der Waals surface area contributed by atoms with Gasteiger partial charge in [0.15, 0.2) is 11.6 Å². The zero-order valence-corrected chi connectivity index (χ0v) is 10.4. The molecule has 0 radical (unpaired) electrons. The second-order valence-corrected chi connectivity index (χ2v) is 3.96. The van der Waals surface area contributed by atoms with E-state index in [0.29, 0.717) is 5.75 Å². The van der Waals surface area contributed by atoms with Crippen LogP contribution in [0.2, 0.25) is 0 Å². The molecule has 1 saturated carbocycles. The van der Waals surface area contributed by atoms with E-state index in [9.17, 15) is 4.39 Å². The van der Waals surface area contributed by atoms with Crippen LogP contribution in [0.4, 0.5) is 4.39 Å². The van der Waals surface area contributed by atoms with Crippen LogP contribution in [0, 0.1) is 12.7 Å². The SMILES string of the molecule is CC.Cc1ccc(F)c(OC2CCCC2)c1. The minimum absolute atomic E-state index is 0.228. The Labute approximate surface area is 97.6 Å². The average Bonchev–Trinajstić information content (AvgIpc) is 2.79. The molecule has 0 heterocycles. The van der Waals surface area contributed by atoms with Crippen molar-refractivity contribution in [2.75, 3.05) is 0 Å². The van der Waals surface area contributed by atoms with Crippen molar-refractivity contribution < 1.29 is 9.13 Å². The molecule has 2 rings (SSSR count). The van der Waals surface area contributed by atoms with E-state index >= 15 is 0 Å². The molecule has 90 valence electrons. The first-order valence-electron chi connectivity index (χ1n) is 6.18. The molecule has 0 spiro atoms. The Bertz CT molecular complexity index is 317. The van der Waals surface area contributed by atoms with E-state index in [0.717, 1.165) is 18.4 Å². The summed E-state index contributed by atoms with van der Waals surface area (Å²) in [5.41, 5.74) is 1.04. The maximum atomic E-state index is 13.3. The van der Waals surface area contributed by atoms with Crippen LogP contribution < -0.4 is 4.74 Å². The molecule has 0 aromatic heterocycles. The van der Waals surface area contributed by atoms with E-state index < -0.39 is 0 Å². The fourth-order valence-corrected chi connectivity index (χ4v) is 1.89. The lowest BCUT2D eigenvalue weighted by Gasteiger charge is -2.13. The van der Waals surface area contributed by atoms with Gasteiger partial charge in [-0.3, -0.25) is 0 Å². The molecule has 0 bridgehead atoms. The molecule has 0 atom stereocenters. The van der Waals surface area contributed by atoms with E-state index in [1.165, 1.54) is 18.9 Å². The van der Waals surface area contributed by atoms with Crippen molar-refractivity contribution in [1.82, 2.24) is 0 Å². The van der Waals surface area contributed by atoms with Crippen LogP contribution in [0.1, 0.15) is 45.1 Å². The van der Waals surface area contributed by atoms with Gasteiger partial charge in [-0.15, -0.1) is 0 Å². The summed E-state index contributed by atoms with van der Waals surface area (Å²) in [5, 5.41) is 0. The number of aryl methyl sites for hydroxylation is 1. The summed E-state index contributed by atoms with van der Waals surface area (Å²) in [5.74, 6) is 0.166. The van der Waals surface area contributed by atoms with Gasteiger partial charge in [-0.1, -0.05) is 19.9 Å². The van der Waals surface area contributed by atoms with Gasteiger partial charge >= 0.3 is 0 Å². The number of benzene rings is 1. The zero-order chi connectivity index (χ0) is 12.0. The van der Waals surface area contributed by atoms with Gasteiger partial charge in [0.25, 0.3) is 0 Å². The second-order valence-electron chi connectivity index (χ2n) is 3.96. The van der Waals surface area contributed by atoms with Gasteiger partial charge in [-0.25, -0.2) is 4.39 Å². The normalized spacial score (nSPS) is 15.5. The Morgan fingerprint density at radius 1 is 1.19 bits per heavy atom. The fourth-order valence-electron chi connectivity index (χ4n) is 1.89. The highest BCUT2D eigenvalue weighted by Gasteiger charge is 2.17. The Kier molecular flexibility index (Phi) is 5.30. The van der Waals surface area contributed by atoms with Gasteiger partial charge in [-0.2, -0.15) is 0 Å². The molecule has 0 N–H and O–H groups in total. The number of hydrogen-bond donors (Lipinski definition) is 0. The minimum atomic E-state index is -0.248. The third-order valence-electron chi connectivity index (χ3n) is 2.68. The molecule has 2 heteroatoms. The lowest BCUT2D eigenvalue weighted by atomic mass is 10.2. The molecule has 1 nitrogen and oxygen atoms in total. The summed E-state index contributed by atoms with van der Waals surface area (Å²) >= 11 is 0. The number of rotatable bonds is 2. The highest BCUT2D eigenvalue weighted by Crippen LogP contribution is 2.26. The van der Waals surface area contributed by atoms with Crippen LogP contribution >= 0.6 is 0 Å². The topological polar surface area (TPSA) is 9.23 Å². The molecule has 0 unspecified atom stereocenters. The van der Waals surface area contributed by atoms with Crippen LogP contribution in [0.3, 0.4) is 0 Å².